The van der Waals surface area contributed by atoms with Crippen LogP contribution in [0.4, 0.5) is 13.2 Å². The molecule has 85 valence electrons. The van der Waals surface area contributed by atoms with Crippen LogP contribution < -0.4 is 0 Å². The van der Waals surface area contributed by atoms with Gasteiger partial charge < -0.3 is 4.98 Å². The highest BCUT2D eigenvalue weighted by atomic mass is 19.4. The van der Waals surface area contributed by atoms with Gasteiger partial charge in [-0.1, -0.05) is 19.9 Å². The van der Waals surface area contributed by atoms with Crippen LogP contribution in [0.1, 0.15) is 31.2 Å². The van der Waals surface area contributed by atoms with Crippen LogP contribution in [0.3, 0.4) is 0 Å². The standard InChI is InChI=1S/C11H10F3N2/c1-6(2)7-4-3-5-8-9(7)16-10(15-8)11(12,13)14/h3,5-6H,1-2H3,(H,15,16). The molecule has 1 N–H and O–H groups in total. The van der Waals surface area contributed by atoms with Crippen molar-refractivity contribution in [2.24, 2.45) is 0 Å². The van der Waals surface area contributed by atoms with E-state index in [1.807, 2.05) is 13.8 Å². The number of alkyl halides is 3. The zero-order valence-corrected chi connectivity index (χ0v) is 8.81. The van der Waals surface area contributed by atoms with Gasteiger partial charge in [0, 0.05) is 0 Å². The van der Waals surface area contributed by atoms with Crippen molar-refractivity contribution >= 4 is 11.0 Å². The monoisotopic (exact) mass is 227 g/mol. The summed E-state index contributed by atoms with van der Waals surface area (Å²) >= 11 is 0. The van der Waals surface area contributed by atoms with Crippen molar-refractivity contribution in [1.82, 2.24) is 9.97 Å². The first-order valence-corrected chi connectivity index (χ1v) is 4.87. The van der Waals surface area contributed by atoms with Crippen molar-refractivity contribution < 1.29 is 13.2 Å². The van der Waals surface area contributed by atoms with E-state index in [4.69, 9.17) is 0 Å². The minimum Gasteiger partial charge on any atom is -0.334 e. The second-order valence-corrected chi connectivity index (χ2v) is 3.89. The molecule has 16 heavy (non-hydrogen) atoms. The lowest BCUT2D eigenvalue weighted by Gasteiger charge is -2.04. The van der Waals surface area contributed by atoms with Crippen molar-refractivity contribution in [2.75, 3.05) is 0 Å². The normalized spacial score (nSPS) is 12.6. The van der Waals surface area contributed by atoms with Crippen molar-refractivity contribution in [3.05, 3.63) is 29.6 Å². The van der Waals surface area contributed by atoms with Crippen molar-refractivity contribution in [3.8, 4) is 0 Å². The van der Waals surface area contributed by atoms with Gasteiger partial charge >= 0.3 is 6.18 Å². The molecular weight excluding hydrogens is 217 g/mol. The first-order chi connectivity index (χ1) is 7.39. The van der Waals surface area contributed by atoms with E-state index in [-0.39, 0.29) is 5.92 Å². The second kappa shape index (κ2) is 3.50. The fourth-order valence-corrected chi connectivity index (χ4v) is 1.57. The molecule has 0 unspecified atom stereocenters. The smallest absolute Gasteiger partial charge is 0.334 e. The number of benzene rings is 1. The average Bonchev–Trinajstić information content (AvgIpc) is 2.59. The number of H-pyrrole nitrogens is 1. The SMILES string of the molecule is CC(C)c1[c]ccc2[nH]c(C(F)(F)F)nc12. The molecule has 5 heteroatoms. The number of imidazole rings is 1. The van der Waals surface area contributed by atoms with Crippen LogP contribution in [0.2, 0.25) is 0 Å². The fourth-order valence-electron chi connectivity index (χ4n) is 1.57. The summed E-state index contributed by atoms with van der Waals surface area (Å²) in [6, 6.07) is 6.08. The molecule has 0 atom stereocenters. The predicted molar refractivity (Wildman–Crippen MR) is 54.0 cm³/mol. The predicted octanol–water partition coefficient (Wildman–Crippen LogP) is 3.51. The Kier molecular flexibility index (Phi) is 2.40. The lowest BCUT2D eigenvalue weighted by Crippen LogP contribution is -2.07. The molecule has 2 aromatic rings. The number of halogens is 3. The molecule has 0 spiro atoms. The highest BCUT2D eigenvalue weighted by Crippen LogP contribution is 2.30. The van der Waals surface area contributed by atoms with E-state index < -0.39 is 12.0 Å². The average molecular weight is 227 g/mol. The molecule has 0 saturated carbocycles. The van der Waals surface area contributed by atoms with Crippen LogP contribution in [-0.2, 0) is 6.18 Å². The third-order valence-corrected chi connectivity index (χ3v) is 2.32. The van der Waals surface area contributed by atoms with E-state index >= 15 is 0 Å². The molecule has 0 saturated heterocycles. The molecule has 1 radical (unpaired) electrons. The van der Waals surface area contributed by atoms with E-state index in [1.54, 1.807) is 12.1 Å². The maximum absolute atomic E-state index is 12.5. The number of aromatic nitrogens is 2. The van der Waals surface area contributed by atoms with Crippen LogP contribution >= 0.6 is 0 Å². The minimum absolute atomic E-state index is 0.0908. The van der Waals surface area contributed by atoms with Crippen LogP contribution in [0, 0.1) is 6.07 Å². The molecule has 0 aliphatic rings. The van der Waals surface area contributed by atoms with Gasteiger partial charge in [-0.2, -0.15) is 13.2 Å². The molecule has 0 aliphatic carbocycles. The zero-order chi connectivity index (χ0) is 11.9. The summed E-state index contributed by atoms with van der Waals surface area (Å²) in [5, 5.41) is 0. The number of nitrogens with one attached hydrogen (secondary N) is 1. The summed E-state index contributed by atoms with van der Waals surface area (Å²) in [4.78, 5) is 5.87. The van der Waals surface area contributed by atoms with Gasteiger partial charge in [-0.15, -0.1) is 0 Å². The molecule has 0 aliphatic heterocycles. The number of hydrogen-bond acceptors (Lipinski definition) is 1. The maximum atomic E-state index is 12.5. The van der Waals surface area contributed by atoms with E-state index in [0.29, 0.717) is 16.6 Å². The molecule has 1 aromatic heterocycles. The number of nitrogens with zero attached hydrogens (tertiary/aromatic N) is 1. The molecular formula is C11H10F3N2. The summed E-state index contributed by atoms with van der Waals surface area (Å²) in [7, 11) is 0. The molecule has 0 amide bonds. The lowest BCUT2D eigenvalue weighted by molar-refractivity contribution is -0.144. The number of hydrogen-bond donors (Lipinski definition) is 1. The summed E-state index contributed by atoms with van der Waals surface area (Å²) in [6.07, 6.45) is -4.44. The van der Waals surface area contributed by atoms with Crippen LogP contribution in [0.25, 0.3) is 11.0 Å². The lowest BCUT2D eigenvalue weighted by atomic mass is 10.0. The quantitative estimate of drug-likeness (QED) is 0.793. The summed E-state index contributed by atoms with van der Waals surface area (Å²) in [6.45, 7) is 3.79. The number of aromatic amines is 1. The van der Waals surface area contributed by atoms with Crippen LogP contribution in [0.5, 0.6) is 0 Å². The Morgan fingerprint density at radius 1 is 1.38 bits per heavy atom. The Bertz CT molecular complexity index is 511. The Morgan fingerprint density at radius 2 is 2.06 bits per heavy atom. The van der Waals surface area contributed by atoms with Gasteiger partial charge in [0.2, 0.25) is 5.82 Å². The third kappa shape index (κ3) is 1.77. The van der Waals surface area contributed by atoms with Gasteiger partial charge in [-0.05, 0) is 23.6 Å². The Hall–Kier alpha value is -1.52. The zero-order valence-electron chi connectivity index (χ0n) is 8.81. The number of fused-ring (bicyclic) bond motifs is 1. The Morgan fingerprint density at radius 3 is 2.62 bits per heavy atom. The molecule has 2 rings (SSSR count). The molecule has 0 bridgehead atoms. The van der Waals surface area contributed by atoms with Gasteiger partial charge in [0.1, 0.15) is 0 Å². The number of rotatable bonds is 1. The largest absolute Gasteiger partial charge is 0.449 e. The summed E-state index contributed by atoms with van der Waals surface area (Å²) < 4.78 is 37.4. The van der Waals surface area contributed by atoms with Gasteiger partial charge in [0.25, 0.3) is 0 Å². The maximum Gasteiger partial charge on any atom is 0.449 e. The van der Waals surface area contributed by atoms with Crippen molar-refractivity contribution in [2.45, 2.75) is 25.9 Å². The van der Waals surface area contributed by atoms with Crippen LogP contribution in [0.15, 0.2) is 12.1 Å². The molecule has 2 nitrogen and oxygen atoms in total. The van der Waals surface area contributed by atoms with Gasteiger partial charge in [0.15, 0.2) is 0 Å². The van der Waals surface area contributed by atoms with E-state index in [1.165, 1.54) is 0 Å². The highest BCUT2D eigenvalue weighted by Gasteiger charge is 2.35. The third-order valence-electron chi connectivity index (χ3n) is 2.32. The van der Waals surface area contributed by atoms with E-state index in [0.717, 1.165) is 0 Å². The molecule has 1 heterocycles. The van der Waals surface area contributed by atoms with Crippen LogP contribution in [-0.4, -0.2) is 9.97 Å². The minimum atomic E-state index is -4.44. The molecule has 0 fully saturated rings. The molecule has 1 aromatic carbocycles. The second-order valence-electron chi connectivity index (χ2n) is 3.89. The Balaban J connectivity index is 2.66. The van der Waals surface area contributed by atoms with Gasteiger partial charge in [-0.25, -0.2) is 4.98 Å². The fraction of sp³-hybridized carbons (Fsp3) is 0.364. The summed E-state index contributed by atoms with van der Waals surface area (Å²) in [5.41, 5.74) is 1.45. The first-order valence-electron chi connectivity index (χ1n) is 4.87. The van der Waals surface area contributed by atoms with E-state index in [2.05, 4.69) is 16.0 Å². The van der Waals surface area contributed by atoms with Crippen molar-refractivity contribution in [3.63, 3.8) is 0 Å². The van der Waals surface area contributed by atoms with E-state index in [9.17, 15) is 13.2 Å². The van der Waals surface area contributed by atoms with Gasteiger partial charge in [-0.3, -0.25) is 0 Å². The summed E-state index contributed by atoms with van der Waals surface area (Å²) in [5.74, 6) is -0.864. The van der Waals surface area contributed by atoms with Gasteiger partial charge in [0.05, 0.1) is 11.0 Å². The first kappa shape index (κ1) is 11.0. The Labute approximate surface area is 90.5 Å². The highest BCUT2D eigenvalue weighted by molar-refractivity contribution is 5.79. The topological polar surface area (TPSA) is 28.7 Å². The van der Waals surface area contributed by atoms with Crippen molar-refractivity contribution in [1.29, 1.82) is 0 Å².